The zero-order valence-corrected chi connectivity index (χ0v) is 8.81. The van der Waals surface area contributed by atoms with Gasteiger partial charge < -0.3 is 15.5 Å². The molecule has 2 aliphatic rings. The van der Waals surface area contributed by atoms with Crippen molar-refractivity contribution in [3.63, 3.8) is 0 Å². The van der Waals surface area contributed by atoms with Crippen LogP contribution < -0.4 is 10.6 Å². The van der Waals surface area contributed by atoms with E-state index in [9.17, 15) is 4.79 Å². The third kappa shape index (κ3) is 2.00. The van der Waals surface area contributed by atoms with Crippen LogP contribution in [0.4, 0.5) is 4.79 Å². The summed E-state index contributed by atoms with van der Waals surface area (Å²) in [6.07, 6.45) is 2.45. The van der Waals surface area contributed by atoms with E-state index in [1.165, 1.54) is 12.8 Å². The van der Waals surface area contributed by atoms with Gasteiger partial charge in [-0.15, -0.1) is 0 Å². The topological polar surface area (TPSA) is 44.4 Å². The van der Waals surface area contributed by atoms with Crippen LogP contribution in [-0.4, -0.2) is 43.7 Å². The summed E-state index contributed by atoms with van der Waals surface area (Å²) in [5.74, 6) is 0. The average Bonchev–Trinajstić information content (AvgIpc) is 2.52. The molecule has 2 saturated heterocycles. The van der Waals surface area contributed by atoms with Crippen molar-refractivity contribution in [3.05, 3.63) is 0 Å². The maximum absolute atomic E-state index is 11.4. The second-order valence-corrected chi connectivity index (χ2v) is 4.74. The molecule has 2 fully saturated rings. The van der Waals surface area contributed by atoms with Gasteiger partial charge >= 0.3 is 6.03 Å². The minimum atomic E-state index is 0.108. The van der Waals surface area contributed by atoms with Crippen LogP contribution in [-0.2, 0) is 0 Å². The fourth-order valence-electron chi connectivity index (χ4n) is 2.38. The molecule has 0 radical (unpaired) electrons. The average molecular weight is 197 g/mol. The number of hydrogen-bond donors (Lipinski definition) is 2. The Morgan fingerprint density at radius 1 is 1.50 bits per heavy atom. The highest BCUT2D eigenvalue weighted by molar-refractivity contribution is 5.76. The van der Waals surface area contributed by atoms with Crippen molar-refractivity contribution in [2.45, 2.75) is 19.8 Å². The highest BCUT2D eigenvalue weighted by atomic mass is 16.2. The lowest BCUT2D eigenvalue weighted by Crippen LogP contribution is -2.46. The highest BCUT2D eigenvalue weighted by Crippen LogP contribution is 2.26. The Kier molecular flexibility index (Phi) is 2.63. The van der Waals surface area contributed by atoms with Gasteiger partial charge in [-0.3, -0.25) is 0 Å². The molecule has 1 unspecified atom stereocenters. The number of nitrogens with one attached hydrogen (secondary N) is 2. The van der Waals surface area contributed by atoms with Crippen molar-refractivity contribution in [3.8, 4) is 0 Å². The Morgan fingerprint density at radius 3 is 2.93 bits per heavy atom. The third-order valence-electron chi connectivity index (χ3n) is 3.20. The van der Waals surface area contributed by atoms with Crippen LogP contribution >= 0.6 is 0 Å². The van der Waals surface area contributed by atoms with Crippen LogP contribution in [0.15, 0.2) is 0 Å². The van der Waals surface area contributed by atoms with E-state index < -0.39 is 0 Å². The molecule has 0 aromatic heterocycles. The molecule has 0 aromatic carbocycles. The van der Waals surface area contributed by atoms with Crippen molar-refractivity contribution >= 4 is 6.03 Å². The number of rotatable bonds is 2. The van der Waals surface area contributed by atoms with Crippen molar-refractivity contribution in [1.82, 2.24) is 15.5 Å². The quantitative estimate of drug-likeness (QED) is 0.673. The Morgan fingerprint density at radius 2 is 2.36 bits per heavy atom. The smallest absolute Gasteiger partial charge is 0.317 e. The Labute approximate surface area is 85.0 Å². The monoisotopic (exact) mass is 197 g/mol. The predicted molar refractivity (Wildman–Crippen MR) is 55.2 cm³/mol. The summed E-state index contributed by atoms with van der Waals surface area (Å²) in [6.45, 7) is 7.01. The number of hydrogen-bond acceptors (Lipinski definition) is 2. The zero-order chi connectivity index (χ0) is 10.0. The lowest BCUT2D eigenvalue weighted by molar-refractivity contribution is 0.155. The lowest BCUT2D eigenvalue weighted by atomic mass is 9.82. The number of piperidine rings is 1. The van der Waals surface area contributed by atoms with Gasteiger partial charge in [-0.05, 0) is 24.8 Å². The molecule has 0 bridgehead atoms. The maximum atomic E-state index is 11.4. The number of carbonyl (C=O) groups excluding carboxylic acids is 1. The summed E-state index contributed by atoms with van der Waals surface area (Å²) in [5.41, 5.74) is 0.278. The molecule has 0 spiro atoms. The van der Waals surface area contributed by atoms with Crippen molar-refractivity contribution in [2.24, 2.45) is 5.41 Å². The molecule has 2 amide bonds. The fourth-order valence-corrected chi connectivity index (χ4v) is 2.38. The van der Waals surface area contributed by atoms with Gasteiger partial charge in [-0.1, -0.05) is 6.92 Å². The molecule has 0 saturated carbocycles. The van der Waals surface area contributed by atoms with Gasteiger partial charge in [0.2, 0.25) is 0 Å². The second-order valence-electron chi connectivity index (χ2n) is 4.74. The zero-order valence-electron chi connectivity index (χ0n) is 8.81. The minimum Gasteiger partial charge on any atom is -0.336 e. The van der Waals surface area contributed by atoms with E-state index >= 15 is 0 Å². The molecule has 2 rings (SSSR count). The first-order chi connectivity index (χ1) is 6.70. The maximum Gasteiger partial charge on any atom is 0.317 e. The van der Waals surface area contributed by atoms with E-state index in [0.29, 0.717) is 0 Å². The molecule has 14 heavy (non-hydrogen) atoms. The van der Waals surface area contributed by atoms with Gasteiger partial charge in [-0.25, -0.2) is 4.79 Å². The van der Waals surface area contributed by atoms with E-state index in [1.54, 1.807) is 0 Å². The molecule has 2 heterocycles. The first-order valence-corrected chi connectivity index (χ1v) is 5.43. The first-order valence-electron chi connectivity index (χ1n) is 5.43. The van der Waals surface area contributed by atoms with Crippen molar-refractivity contribution in [1.29, 1.82) is 0 Å². The summed E-state index contributed by atoms with van der Waals surface area (Å²) < 4.78 is 0. The molecule has 2 aliphatic heterocycles. The summed E-state index contributed by atoms with van der Waals surface area (Å²) in [5, 5.41) is 6.25. The molecule has 2 N–H and O–H groups in total. The van der Waals surface area contributed by atoms with Crippen LogP contribution in [0.2, 0.25) is 0 Å². The first kappa shape index (κ1) is 9.77. The largest absolute Gasteiger partial charge is 0.336 e. The van der Waals surface area contributed by atoms with Gasteiger partial charge in [0.15, 0.2) is 0 Å². The van der Waals surface area contributed by atoms with Crippen LogP contribution in [0.3, 0.4) is 0 Å². The third-order valence-corrected chi connectivity index (χ3v) is 3.20. The summed E-state index contributed by atoms with van der Waals surface area (Å²) in [7, 11) is 0. The molecule has 1 atom stereocenters. The molecule has 0 aliphatic carbocycles. The highest BCUT2D eigenvalue weighted by Gasteiger charge is 2.32. The van der Waals surface area contributed by atoms with E-state index in [-0.39, 0.29) is 11.4 Å². The van der Waals surface area contributed by atoms with Crippen LogP contribution in [0.5, 0.6) is 0 Å². The van der Waals surface area contributed by atoms with E-state index in [0.717, 1.165) is 32.7 Å². The SMILES string of the molecule is CC1(CN2CCNC2=O)CCCNC1. The summed E-state index contributed by atoms with van der Waals surface area (Å²) >= 11 is 0. The van der Waals surface area contributed by atoms with E-state index in [1.807, 2.05) is 4.90 Å². The summed E-state index contributed by atoms with van der Waals surface area (Å²) in [4.78, 5) is 13.3. The van der Waals surface area contributed by atoms with Crippen molar-refractivity contribution < 1.29 is 4.79 Å². The number of carbonyl (C=O) groups is 1. The minimum absolute atomic E-state index is 0.108. The van der Waals surface area contributed by atoms with Gasteiger partial charge in [0.1, 0.15) is 0 Å². The Balaban J connectivity index is 1.91. The van der Waals surface area contributed by atoms with Gasteiger partial charge in [0, 0.05) is 26.2 Å². The van der Waals surface area contributed by atoms with Crippen molar-refractivity contribution in [2.75, 3.05) is 32.7 Å². The predicted octanol–water partition coefficient (Wildman–Crippen LogP) is 0.401. The number of amides is 2. The van der Waals surface area contributed by atoms with E-state index in [2.05, 4.69) is 17.6 Å². The number of nitrogens with zero attached hydrogens (tertiary/aromatic N) is 1. The lowest BCUT2D eigenvalue weighted by Gasteiger charge is -2.36. The van der Waals surface area contributed by atoms with Gasteiger partial charge in [0.25, 0.3) is 0 Å². The Hall–Kier alpha value is -0.770. The Bertz CT molecular complexity index is 223. The summed E-state index contributed by atoms with van der Waals surface area (Å²) in [6, 6.07) is 0.108. The molecule has 0 aromatic rings. The van der Waals surface area contributed by atoms with Gasteiger partial charge in [-0.2, -0.15) is 0 Å². The standard InChI is InChI=1S/C10H19N3O/c1-10(3-2-4-11-7-10)8-13-6-5-12-9(13)14/h11H,2-8H2,1H3,(H,12,14). The molecule has 4 heteroatoms. The normalized spacial score (nSPS) is 33.2. The van der Waals surface area contributed by atoms with E-state index in [4.69, 9.17) is 0 Å². The van der Waals surface area contributed by atoms with Gasteiger partial charge in [0.05, 0.1) is 0 Å². The van der Waals surface area contributed by atoms with Crippen LogP contribution in [0, 0.1) is 5.41 Å². The molecule has 80 valence electrons. The fraction of sp³-hybridized carbons (Fsp3) is 0.900. The molecular formula is C10H19N3O. The number of urea groups is 1. The van der Waals surface area contributed by atoms with Crippen LogP contribution in [0.1, 0.15) is 19.8 Å². The second kappa shape index (κ2) is 3.77. The van der Waals surface area contributed by atoms with Crippen LogP contribution in [0.25, 0.3) is 0 Å². The molecular weight excluding hydrogens is 178 g/mol. The molecule has 4 nitrogen and oxygen atoms in total.